The average molecular weight is 255 g/mol. The number of likely N-dealkylation sites (N-methyl/N-ethyl adjacent to an activating group) is 1. The van der Waals surface area contributed by atoms with Crippen molar-refractivity contribution in [2.45, 2.75) is 37.1 Å². The smallest absolute Gasteiger partial charge is 0.175 e. The normalized spacial score (nSPS) is 15.5. The molecule has 0 saturated heterocycles. The fourth-order valence-corrected chi connectivity index (χ4v) is 2.69. The number of hydrogen-bond donors (Lipinski definition) is 1. The molecule has 2 unspecified atom stereocenters. The van der Waals surface area contributed by atoms with Gasteiger partial charge in [0.1, 0.15) is 0 Å². The Morgan fingerprint density at radius 1 is 1.24 bits per heavy atom. The van der Waals surface area contributed by atoms with Crippen LogP contribution < -0.4 is 5.32 Å². The van der Waals surface area contributed by atoms with Crippen molar-refractivity contribution in [3.05, 3.63) is 29.8 Å². The lowest BCUT2D eigenvalue weighted by molar-refractivity contribution is 0.472. The molecule has 1 rings (SSSR count). The van der Waals surface area contributed by atoms with Gasteiger partial charge in [-0.3, -0.25) is 0 Å². The maximum absolute atomic E-state index is 11.3. The van der Waals surface area contributed by atoms with E-state index in [-0.39, 0.29) is 0 Å². The van der Waals surface area contributed by atoms with Crippen LogP contribution in [0.1, 0.15) is 31.7 Å². The molecule has 4 heteroatoms. The molecule has 0 aliphatic heterocycles. The summed E-state index contributed by atoms with van der Waals surface area (Å²) in [5.74, 6) is 0.374. The highest BCUT2D eigenvalue weighted by Gasteiger charge is 2.16. The largest absolute Gasteiger partial charge is 0.316 e. The van der Waals surface area contributed by atoms with Crippen LogP contribution in [0.4, 0.5) is 0 Å². The lowest BCUT2D eigenvalue weighted by Gasteiger charge is -2.22. The first-order valence-corrected chi connectivity index (χ1v) is 7.76. The van der Waals surface area contributed by atoms with Gasteiger partial charge >= 0.3 is 0 Å². The molecular weight excluding hydrogens is 234 g/mol. The summed E-state index contributed by atoms with van der Waals surface area (Å²) in [6, 6.07) is 7.59. The molecule has 1 N–H and O–H groups in total. The highest BCUT2D eigenvalue weighted by molar-refractivity contribution is 7.90. The minimum atomic E-state index is -3.09. The summed E-state index contributed by atoms with van der Waals surface area (Å²) in [6.07, 6.45) is 2.28. The van der Waals surface area contributed by atoms with E-state index in [2.05, 4.69) is 19.2 Å². The van der Waals surface area contributed by atoms with Gasteiger partial charge in [0, 0.05) is 12.3 Å². The number of sulfone groups is 1. The predicted octanol–water partition coefficient (Wildman–Crippen LogP) is 2.19. The van der Waals surface area contributed by atoms with Crippen LogP contribution in [0.5, 0.6) is 0 Å². The Labute approximate surface area is 104 Å². The predicted molar refractivity (Wildman–Crippen MR) is 71.1 cm³/mol. The Morgan fingerprint density at radius 3 is 2.12 bits per heavy atom. The molecule has 0 radical (unpaired) electrons. The number of nitrogens with one attached hydrogen (secondary N) is 1. The molecule has 0 aliphatic carbocycles. The van der Waals surface area contributed by atoms with Crippen molar-refractivity contribution in [2.75, 3.05) is 13.3 Å². The van der Waals surface area contributed by atoms with Gasteiger partial charge < -0.3 is 5.32 Å². The summed E-state index contributed by atoms with van der Waals surface area (Å²) in [5.41, 5.74) is 1.17. The molecule has 0 bridgehead atoms. The van der Waals surface area contributed by atoms with Gasteiger partial charge in [-0.05, 0) is 37.1 Å². The number of benzene rings is 1. The Kier molecular flexibility index (Phi) is 4.71. The second kappa shape index (κ2) is 5.65. The van der Waals surface area contributed by atoms with Gasteiger partial charge in [0.05, 0.1) is 4.90 Å². The van der Waals surface area contributed by atoms with E-state index in [1.807, 2.05) is 19.2 Å². The first-order valence-electron chi connectivity index (χ1n) is 5.87. The molecule has 0 heterocycles. The second-order valence-corrected chi connectivity index (χ2v) is 6.45. The van der Waals surface area contributed by atoms with E-state index in [4.69, 9.17) is 0 Å². The zero-order chi connectivity index (χ0) is 13.1. The number of hydrogen-bond acceptors (Lipinski definition) is 3. The van der Waals surface area contributed by atoms with Crippen LogP contribution in [0.25, 0.3) is 0 Å². The van der Waals surface area contributed by atoms with E-state index >= 15 is 0 Å². The number of rotatable bonds is 5. The SMILES string of the molecule is CCC(NC)C(C)c1ccc(S(C)(=O)=O)cc1. The summed E-state index contributed by atoms with van der Waals surface area (Å²) in [5, 5.41) is 3.28. The van der Waals surface area contributed by atoms with Crippen LogP contribution >= 0.6 is 0 Å². The molecule has 0 spiro atoms. The highest BCUT2D eigenvalue weighted by atomic mass is 32.2. The lowest BCUT2D eigenvalue weighted by Crippen LogP contribution is -2.29. The van der Waals surface area contributed by atoms with Crippen molar-refractivity contribution in [1.29, 1.82) is 0 Å². The van der Waals surface area contributed by atoms with Gasteiger partial charge in [-0.2, -0.15) is 0 Å². The van der Waals surface area contributed by atoms with E-state index in [1.54, 1.807) is 12.1 Å². The Balaban J connectivity index is 2.95. The lowest BCUT2D eigenvalue weighted by atomic mass is 9.92. The summed E-state index contributed by atoms with van der Waals surface area (Å²) in [4.78, 5) is 0.381. The molecule has 3 nitrogen and oxygen atoms in total. The van der Waals surface area contributed by atoms with Gasteiger partial charge in [0.15, 0.2) is 9.84 Å². The van der Waals surface area contributed by atoms with E-state index in [0.717, 1.165) is 6.42 Å². The van der Waals surface area contributed by atoms with Crippen LogP contribution in [0, 0.1) is 0 Å². The van der Waals surface area contributed by atoms with Crippen molar-refractivity contribution in [2.24, 2.45) is 0 Å². The highest BCUT2D eigenvalue weighted by Crippen LogP contribution is 2.22. The van der Waals surface area contributed by atoms with Crippen LogP contribution in [-0.4, -0.2) is 27.8 Å². The summed E-state index contributed by atoms with van der Waals surface area (Å²) in [6.45, 7) is 4.29. The molecule has 2 atom stereocenters. The van der Waals surface area contributed by atoms with Crippen molar-refractivity contribution < 1.29 is 8.42 Å². The maximum atomic E-state index is 11.3. The topological polar surface area (TPSA) is 46.2 Å². The second-order valence-electron chi connectivity index (χ2n) is 4.43. The third-order valence-corrected chi connectivity index (χ3v) is 4.38. The van der Waals surface area contributed by atoms with Crippen LogP contribution in [-0.2, 0) is 9.84 Å². The first kappa shape index (κ1) is 14.2. The summed E-state index contributed by atoms with van der Waals surface area (Å²) in [7, 11) is -1.14. The van der Waals surface area contributed by atoms with Crippen LogP contribution in [0.2, 0.25) is 0 Å². The standard InChI is InChI=1S/C13H21NO2S/c1-5-13(14-3)10(2)11-6-8-12(9-7-11)17(4,15)16/h6-10,13-14H,5H2,1-4H3. The van der Waals surface area contributed by atoms with E-state index in [1.165, 1.54) is 11.8 Å². The van der Waals surface area contributed by atoms with Crippen molar-refractivity contribution in [3.8, 4) is 0 Å². The van der Waals surface area contributed by atoms with Gasteiger partial charge in [0.2, 0.25) is 0 Å². The van der Waals surface area contributed by atoms with Crippen molar-refractivity contribution >= 4 is 9.84 Å². The Hall–Kier alpha value is -0.870. The molecule has 96 valence electrons. The molecule has 0 aliphatic rings. The maximum Gasteiger partial charge on any atom is 0.175 e. The molecular formula is C13H21NO2S. The van der Waals surface area contributed by atoms with Gasteiger partial charge in [0.25, 0.3) is 0 Å². The molecule has 1 aromatic rings. The summed E-state index contributed by atoms with van der Waals surface area (Å²) < 4.78 is 22.7. The fourth-order valence-electron chi connectivity index (χ4n) is 2.06. The van der Waals surface area contributed by atoms with E-state index in [0.29, 0.717) is 16.9 Å². The minimum Gasteiger partial charge on any atom is -0.316 e. The zero-order valence-electron chi connectivity index (χ0n) is 10.9. The minimum absolute atomic E-state index is 0.374. The molecule has 0 aromatic heterocycles. The quantitative estimate of drug-likeness (QED) is 0.877. The molecule has 17 heavy (non-hydrogen) atoms. The first-order chi connectivity index (χ1) is 7.90. The zero-order valence-corrected chi connectivity index (χ0v) is 11.7. The van der Waals surface area contributed by atoms with Crippen molar-refractivity contribution in [3.63, 3.8) is 0 Å². The monoisotopic (exact) mass is 255 g/mol. The third-order valence-electron chi connectivity index (χ3n) is 3.25. The van der Waals surface area contributed by atoms with E-state index in [9.17, 15) is 8.42 Å². The van der Waals surface area contributed by atoms with Crippen LogP contribution in [0.15, 0.2) is 29.2 Å². The third kappa shape index (κ3) is 3.54. The van der Waals surface area contributed by atoms with Gasteiger partial charge in [-0.15, -0.1) is 0 Å². The fraction of sp³-hybridized carbons (Fsp3) is 0.538. The summed E-state index contributed by atoms with van der Waals surface area (Å²) >= 11 is 0. The molecule has 0 fully saturated rings. The molecule has 1 aromatic carbocycles. The Morgan fingerprint density at radius 2 is 1.76 bits per heavy atom. The van der Waals surface area contributed by atoms with Crippen LogP contribution in [0.3, 0.4) is 0 Å². The molecule has 0 amide bonds. The molecule has 0 saturated carbocycles. The van der Waals surface area contributed by atoms with Gasteiger partial charge in [-0.1, -0.05) is 26.0 Å². The van der Waals surface area contributed by atoms with Gasteiger partial charge in [-0.25, -0.2) is 8.42 Å². The van der Waals surface area contributed by atoms with Crippen molar-refractivity contribution in [1.82, 2.24) is 5.32 Å². The average Bonchev–Trinajstić information content (AvgIpc) is 2.29. The van der Waals surface area contributed by atoms with E-state index < -0.39 is 9.84 Å². The Bertz CT molecular complexity index is 447.